The smallest absolute Gasteiger partial charge is 0.164 e. The van der Waals surface area contributed by atoms with Gasteiger partial charge in [-0.15, -0.1) is 0 Å². The monoisotopic (exact) mass is 651 g/mol. The van der Waals surface area contributed by atoms with Crippen LogP contribution in [-0.4, -0.2) is 15.0 Å². The van der Waals surface area contributed by atoms with Crippen LogP contribution in [0.5, 0.6) is 0 Å². The lowest BCUT2D eigenvalue weighted by atomic mass is 9.85. The number of hydrogen-bond donors (Lipinski definition) is 0. The molecule has 8 aromatic carbocycles. The number of aromatic nitrogens is 3. The fourth-order valence-electron chi connectivity index (χ4n) is 7.07. The second-order valence-corrected chi connectivity index (χ2v) is 12.9. The molecule has 0 unspecified atom stereocenters. The topological polar surface area (TPSA) is 38.7 Å². The minimum absolute atomic E-state index is 0.637. The van der Waals surface area contributed by atoms with Gasteiger partial charge in [0.1, 0.15) is 0 Å². The molecule has 0 amide bonds. The Kier molecular flexibility index (Phi) is 7.71. The van der Waals surface area contributed by atoms with Gasteiger partial charge in [-0.05, 0) is 67.9 Å². The van der Waals surface area contributed by atoms with E-state index in [2.05, 4.69) is 159 Å². The third-order valence-corrected chi connectivity index (χ3v) is 9.60. The van der Waals surface area contributed by atoms with Gasteiger partial charge in [-0.2, -0.15) is 0 Å². The molecule has 0 aliphatic heterocycles. The summed E-state index contributed by atoms with van der Waals surface area (Å²) in [5.41, 5.74) is 11.1. The van der Waals surface area contributed by atoms with Crippen molar-refractivity contribution in [2.75, 3.05) is 0 Å². The van der Waals surface area contributed by atoms with Crippen molar-refractivity contribution in [3.05, 3.63) is 188 Å². The van der Waals surface area contributed by atoms with Gasteiger partial charge >= 0.3 is 0 Å². The highest BCUT2D eigenvalue weighted by molar-refractivity contribution is 6.21. The first-order valence-corrected chi connectivity index (χ1v) is 17.3. The van der Waals surface area contributed by atoms with Crippen molar-refractivity contribution < 1.29 is 0 Å². The number of benzene rings is 8. The van der Waals surface area contributed by atoms with E-state index in [1.165, 1.54) is 43.8 Å². The molecule has 0 aliphatic rings. The van der Waals surface area contributed by atoms with Crippen LogP contribution in [0.15, 0.2) is 182 Å². The van der Waals surface area contributed by atoms with Gasteiger partial charge in [-0.1, -0.05) is 181 Å². The minimum Gasteiger partial charge on any atom is -0.208 e. The normalized spacial score (nSPS) is 11.2. The van der Waals surface area contributed by atoms with Gasteiger partial charge in [0.25, 0.3) is 0 Å². The van der Waals surface area contributed by atoms with Crippen LogP contribution in [0.3, 0.4) is 0 Å². The first-order chi connectivity index (χ1) is 25.2. The molecule has 240 valence electrons. The highest BCUT2D eigenvalue weighted by atomic mass is 15.0. The van der Waals surface area contributed by atoms with Crippen LogP contribution in [0.1, 0.15) is 5.56 Å². The zero-order valence-corrected chi connectivity index (χ0v) is 28.2. The first kappa shape index (κ1) is 30.4. The second kappa shape index (κ2) is 13.0. The van der Waals surface area contributed by atoms with E-state index in [1.807, 2.05) is 30.3 Å². The molecule has 0 N–H and O–H groups in total. The lowest BCUT2D eigenvalue weighted by Crippen LogP contribution is -2.00. The molecule has 0 saturated heterocycles. The SMILES string of the molecule is Cc1ccc(-c2cccc(-c3nc(-c4ccccc4)nc(-c4ccc(-c5c(-c6ccccc6)c6ccccc6c6ccccc56)cc4)n3)c2)cc1. The summed E-state index contributed by atoms with van der Waals surface area (Å²) in [6, 6.07) is 64.1. The van der Waals surface area contributed by atoms with Gasteiger partial charge in [0, 0.05) is 16.7 Å². The van der Waals surface area contributed by atoms with E-state index in [0.29, 0.717) is 17.5 Å². The summed E-state index contributed by atoms with van der Waals surface area (Å²) in [6.07, 6.45) is 0. The maximum atomic E-state index is 5.08. The van der Waals surface area contributed by atoms with Crippen molar-refractivity contribution in [3.8, 4) is 67.5 Å². The molecule has 1 heterocycles. The molecular formula is C48H33N3. The van der Waals surface area contributed by atoms with E-state index in [1.54, 1.807) is 0 Å². The van der Waals surface area contributed by atoms with Crippen molar-refractivity contribution in [2.45, 2.75) is 6.92 Å². The van der Waals surface area contributed by atoms with Crippen LogP contribution in [0, 0.1) is 6.92 Å². The van der Waals surface area contributed by atoms with Crippen molar-refractivity contribution in [1.82, 2.24) is 15.0 Å². The molecule has 0 radical (unpaired) electrons. The standard InChI is InChI=1S/C48H33N3/c1-32-23-25-33(26-24-32)38-17-12-18-39(31-38)48-50-46(36-15-6-3-7-16-36)49-47(51-48)37-29-27-35(28-30-37)45-43-22-11-9-20-41(43)40-19-8-10-21-42(40)44(45)34-13-4-2-5-14-34/h2-31H,1H3. The Morgan fingerprint density at radius 2 is 0.647 bits per heavy atom. The van der Waals surface area contributed by atoms with E-state index in [4.69, 9.17) is 15.0 Å². The maximum Gasteiger partial charge on any atom is 0.164 e. The van der Waals surface area contributed by atoms with Crippen LogP contribution in [0.4, 0.5) is 0 Å². The number of nitrogens with zero attached hydrogens (tertiary/aromatic N) is 3. The molecule has 3 heteroatoms. The first-order valence-electron chi connectivity index (χ1n) is 17.3. The van der Waals surface area contributed by atoms with Crippen LogP contribution in [0.2, 0.25) is 0 Å². The molecule has 0 atom stereocenters. The summed E-state index contributed by atoms with van der Waals surface area (Å²) in [4.78, 5) is 15.1. The van der Waals surface area contributed by atoms with Crippen LogP contribution in [0.25, 0.3) is 89.1 Å². The van der Waals surface area contributed by atoms with Crippen LogP contribution < -0.4 is 0 Å². The lowest BCUT2D eigenvalue weighted by Gasteiger charge is -2.18. The highest BCUT2D eigenvalue weighted by Crippen LogP contribution is 2.44. The van der Waals surface area contributed by atoms with E-state index in [0.717, 1.165) is 33.4 Å². The van der Waals surface area contributed by atoms with Gasteiger partial charge in [0.05, 0.1) is 0 Å². The predicted molar refractivity (Wildman–Crippen MR) is 212 cm³/mol. The quantitative estimate of drug-likeness (QED) is 0.168. The fourth-order valence-corrected chi connectivity index (χ4v) is 7.07. The summed E-state index contributed by atoms with van der Waals surface area (Å²) < 4.78 is 0. The summed E-state index contributed by atoms with van der Waals surface area (Å²) >= 11 is 0. The van der Waals surface area contributed by atoms with Gasteiger partial charge in [-0.25, -0.2) is 15.0 Å². The van der Waals surface area contributed by atoms with E-state index < -0.39 is 0 Å². The molecule has 51 heavy (non-hydrogen) atoms. The van der Waals surface area contributed by atoms with E-state index in [9.17, 15) is 0 Å². The number of fused-ring (bicyclic) bond motifs is 3. The summed E-state index contributed by atoms with van der Waals surface area (Å²) in [5, 5.41) is 4.97. The van der Waals surface area contributed by atoms with Crippen molar-refractivity contribution in [1.29, 1.82) is 0 Å². The molecule has 9 aromatic rings. The minimum atomic E-state index is 0.637. The van der Waals surface area contributed by atoms with Crippen molar-refractivity contribution >= 4 is 21.5 Å². The molecule has 0 fully saturated rings. The molecule has 0 saturated carbocycles. The zero-order valence-electron chi connectivity index (χ0n) is 28.2. The molecule has 3 nitrogen and oxygen atoms in total. The van der Waals surface area contributed by atoms with Gasteiger partial charge in [0.15, 0.2) is 17.5 Å². The van der Waals surface area contributed by atoms with Crippen molar-refractivity contribution in [3.63, 3.8) is 0 Å². The molecule has 0 aliphatic carbocycles. The Morgan fingerprint density at radius 3 is 1.22 bits per heavy atom. The molecule has 1 aromatic heterocycles. The lowest BCUT2D eigenvalue weighted by molar-refractivity contribution is 1.07. The van der Waals surface area contributed by atoms with Gasteiger partial charge in [0.2, 0.25) is 0 Å². The third-order valence-electron chi connectivity index (χ3n) is 9.60. The predicted octanol–water partition coefficient (Wildman–Crippen LogP) is 12.5. The molecule has 0 bridgehead atoms. The largest absolute Gasteiger partial charge is 0.208 e. The number of rotatable bonds is 6. The van der Waals surface area contributed by atoms with E-state index in [-0.39, 0.29) is 0 Å². The summed E-state index contributed by atoms with van der Waals surface area (Å²) in [5.74, 6) is 1.92. The Hall–Kier alpha value is -6.71. The Morgan fingerprint density at radius 1 is 0.275 bits per heavy atom. The zero-order chi connectivity index (χ0) is 34.1. The Bertz CT molecular complexity index is 2660. The highest BCUT2D eigenvalue weighted by Gasteiger charge is 2.18. The van der Waals surface area contributed by atoms with Crippen molar-refractivity contribution in [2.24, 2.45) is 0 Å². The molecule has 0 spiro atoms. The maximum absolute atomic E-state index is 5.08. The van der Waals surface area contributed by atoms with Crippen LogP contribution >= 0.6 is 0 Å². The van der Waals surface area contributed by atoms with Gasteiger partial charge < -0.3 is 0 Å². The van der Waals surface area contributed by atoms with Crippen LogP contribution in [-0.2, 0) is 0 Å². The average molecular weight is 652 g/mol. The molecule has 9 rings (SSSR count). The average Bonchev–Trinajstić information content (AvgIpc) is 3.21. The second-order valence-electron chi connectivity index (χ2n) is 12.9. The fraction of sp³-hybridized carbons (Fsp3) is 0.0208. The van der Waals surface area contributed by atoms with E-state index >= 15 is 0 Å². The number of aryl methyl sites for hydroxylation is 1. The van der Waals surface area contributed by atoms with Gasteiger partial charge in [-0.3, -0.25) is 0 Å². The third kappa shape index (κ3) is 5.75. The Labute approximate surface area is 297 Å². The Balaban J connectivity index is 1.20. The molecular weight excluding hydrogens is 619 g/mol. The summed E-state index contributed by atoms with van der Waals surface area (Å²) in [6.45, 7) is 2.11. The summed E-state index contributed by atoms with van der Waals surface area (Å²) in [7, 11) is 0. The number of hydrogen-bond acceptors (Lipinski definition) is 3.